The normalized spacial score (nSPS) is 12.2. The summed E-state index contributed by atoms with van der Waals surface area (Å²) in [5.74, 6) is 0. The Balaban J connectivity index is 0.890. The molecule has 68 heavy (non-hydrogen) atoms. The highest BCUT2D eigenvalue weighted by Gasteiger charge is 2.46. The van der Waals surface area contributed by atoms with Crippen LogP contribution in [0.5, 0.6) is 0 Å². The summed E-state index contributed by atoms with van der Waals surface area (Å²) in [7, 11) is 0. The third-order valence-corrected chi connectivity index (χ3v) is 13.8. The second-order valence-electron chi connectivity index (χ2n) is 17.7. The summed E-state index contributed by atoms with van der Waals surface area (Å²) in [5, 5.41) is 0. The molecule has 0 radical (unpaired) electrons. The second-order valence-corrected chi connectivity index (χ2v) is 17.7. The molecular formula is C67H47N. The zero-order chi connectivity index (χ0) is 45.3. The van der Waals surface area contributed by atoms with E-state index in [0.717, 1.165) is 17.1 Å². The fraction of sp³-hybridized carbons (Fsp3) is 0.0149. The van der Waals surface area contributed by atoms with E-state index in [4.69, 9.17) is 0 Å². The Bertz CT molecular complexity index is 3350. The molecule has 0 aromatic heterocycles. The summed E-state index contributed by atoms with van der Waals surface area (Å²) in [4.78, 5) is 2.34. The highest BCUT2D eigenvalue weighted by Crippen LogP contribution is 2.57. The standard InChI is InChI=1S/C67H47N/c1-6-16-48(17-7-1)52-30-38-60(39-31-52)68(61-40-32-53(33-41-61)49-18-8-2-9-19-49)62-42-34-54(35-43-62)51-26-28-55(29-27-51)57-37-45-66-64(47-57)63-46-56(50-20-10-3-11-21-50)36-44-65(63)67(66,58-22-12-4-13-23-58)59-24-14-5-15-25-59/h1-47H. The van der Waals surface area contributed by atoms with Gasteiger partial charge in [-0.1, -0.05) is 237 Å². The van der Waals surface area contributed by atoms with Crippen LogP contribution in [0.2, 0.25) is 0 Å². The van der Waals surface area contributed by atoms with E-state index in [9.17, 15) is 0 Å². The lowest BCUT2D eigenvalue weighted by Gasteiger charge is -2.34. The van der Waals surface area contributed by atoms with E-state index in [-0.39, 0.29) is 0 Å². The molecule has 1 nitrogen and oxygen atoms in total. The molecule has 0 heterocycles. The highest BCUT2D eigenvalue weighted by molar-refractivity contribution is 5.91. The molecule has 11 aromatic rings. The number of anilines is 3. The molecule has 11 aromatic carbocycles. The fourth-order valence-corrected chi connectivity index (χ4v) is 10.5. The second kappa shape index (κ2) is 17.5. The van der Waals surface area contributed by atoms with Gasteiger partial charge in [0, 0.05) is 17.1 Å². The number of nitrogens with zero attached hydrogens (tertiary/aromatic N) is 1. The lowest BCUT2D eigenvalue weighted by atomic mass is 9.67. The smallest absolute Gasteiger partial charge is 0.0713 e. The van der Waals surface area contributed by atoms with Crippen molar-refractivity contribution in [3.8, 4) is 66.8 Å². The monoisotopic (exact) mass is 865 g/mol. The zero-order valence-corrected chi connectivity index (χ0v) is 37.6. The predicted molar refractivity (Wildman–Crippen MR) is 286 cm³/mol. The summed E-state index contributed by atoms with van der Waals surface area (Å²) in [6, 6.07) is 104. The number of hydrogen-bond acceptors (Lipinski definition) is 1. The third kappa shape index (κ3) is 7.32. The van der Waals surface area contributed by atoms with Crippen molar-refractivity contribution in [3.05, 3.63) is 307 Å². The van der Waals surface area contributed by atoms with Crippen molar-refractivity contribution >= 4 is 17.1 Å². The molecule has 0 saturated heterocycles. The first-order valence-electron chi connectivity index (χ1n) is 23.5. The van der Waals surface area contributed by atoms with Crippen LogP contribution in [0.3, 0.4) is 0 Å². The van der Waals surface area contributed by atoms with Gasteiger partial charge in [0.25, 0.3) is 0 Å². The van der Waals surface area contributed by atoms with E-state index in [1.54, 1.807) is 0 Å². The van der Waals surface area contributed by atoms with Crippen molar-refractivity contribution in [2.45, 2.75) is 5.41 Å². The maximum absolute atomic E-state index is 2.42. The van der Waals surface area contributed by atoms with Gasteiger partial charge in [0.15, 0.2) is 0 Å². The van der Waals surface area contributed by atoms with E-state index < -0.39 is 5.41 Å². The predicted octanol–water partition coefficient (Wildman–Crippen LogP) is 17.9. The molecule has 1 aliphatic carbocycles. The molecule has 0 N–H and O–H groups in total. The Morgan fingerprint density at radius 2 is 0.441 bits per heavy atom. The number of benzene rings is 11. The number of hydrogen-bond donors (Lipinski definition) is 0. The van der Waals surface area contributed by atoms with Crippen LogP contribution in [-0.4, -0.2) is 0 Å². The largest absolute Gasteiger partial charge is 0.311 e. The Morgan fingerprint density at radius 1 is 0.206 bits per heavy atom. The van der Waals surface area contributed by atoms with E-state index in [2.05, 4.69) is 290 Å². The van der Waals surface area contributed by atoms with Gasteiger partial charge < -0.3 is 4.90 Å². The molecule has 0 unspecified atom stereocenters. The van der Waals surface area contributed by atoms with Crippen LogP contribution in [0, 0.1) is 0 Å². The summed E-state index contributed by atoms with van der Waals surface area (Å²) in [6.45, 7) is 0. The van der Waals surface area contributed by atoms with Gasteiger partial charge in [-0.3, -0.25) is 0 Å². The Labute approximate surface area is 399 Å². The van der Waals surface area contributed by atoms with Gasteiger partial charge in [0.1, 0.15) is 0 Å². The SMILES string of the molecule is c1ccc(-c2ccc(N(c3ccc(-c4ccccc4)cc3)c3ccc(-c4ccc(-c5ccc6c(c5)-c5cc(-c7ccccc7)ccc5C6(c5ccccc5)c5ccccc5)cc4)cc3)cc2)cc1. The molecule has 1 heteroatoms. The average molecular weight is 866 g/mol. The lowest BCUT2D eigenvalue weighted by molar-refractivity contribution is 0.768. The first-order valence-corrected chi connectivity index (χ1v) is 23.5. The van der Waals surface area contributed by atoms with Crippen LogP contribution in [0.25, 0.3) is 66.8 Å². The lowest BCUT2D eigenvalue weighted by Crippen LogP contribution is -2.28. The zero-order valence-electron chi connectivity index (χ0n) is 37.6. The molecule has 1 aliphatic rings. The fourth-order valence-electron chi connectivity index (χ4n) is 10.5. The summed E-state index contributed by atoms with van der Waals surface area (Å²) >= 11 is 0. The van der Waals surface area contributed by atoms with Crippen molar-refractivity contribution in [1.82, 2.24) is 0 Å². The van der Waals surface area contributed by atoms with Crippen LogP contribution in [0.15, 0.2) is 285 Å². The maximum atomic E-state index is 2.42. The molecule has 0 saturated carbocycles. The van der Waals surface area contributed by atoms with Crippen molar-refractivity contribution < 1.29 is 0 Å². The molecule has 0 amide bonds. The van der Waals surface area contributed by atoms with Crippen molar-refractivity contribution in [2.24, 2.45) is 0 Å². The Hall–Kier alpha value is -8.78. The molecule has 0 atom stereocenters. The topological polar surface area (TPSA) is 3.24 Å². The average Bonchev–Trinajstić information content (AvgIpc) is 3.72. The minimum atomic E-state index is -0.455. The van der Waals surface area contributed by atoms with Gasteiger partial charge in [-0.05, 0) is 138 Å². The van der Waals surface area contributed by atoms with E-state index in [1.165, 1.54) is 89.0 Å². The van der Waals surface area contributed by atoms with E-state index in [0.29, 0.717) is 0 Å². The molecule has 0 bridgehead atoms. The molecule has 0 spiro atoms. The minimum absolute atomic E-state index is 0.455. The summed E-state index contributed by atoms with van der Waals surface area (Å²) < 4.78 is 0. The van der Waals surface area contributed by atoms with Crippen molar-refractivity contribution in [1.29, 1.82) is 0 Å². The van der Waals surface area contributed by atoms with Gasteiger partial charge in [0.2, 0.25) is 0 Å². The number of fused-ring (bicyclic) bond motifs is 3. The number of rotatable bonds is 10. The van der Waals surface area contributed by atoms with Gasteiger partial charge in [-0.25, -0.2) is 0 Å². The first kappa shape index (κ1) is 40.7. The van der Waals surface area contributed by atoms with Crippen LogP contribution in [0.1, 0.15) is 22.3 Å². The summed E-state index contributed by atoms with van der Waals surface area (Å²) in [6.07, 6.45) is 0. The van der Waals surface area contributed by atoms with Crippen molar-refractivity contribution in [3.63, 3.8) is 0 Å². The summed E-state index contributed by atoms with van der Waals surface area (Å²) in [5.41, 5.74) is 22.6. The van der Waals surface area contributed by atoms with E-state index >= 15 is 0 Å². The van der Waals surface area contributed by atoms with E-state index in [1.807, 2.05) is 0 Å². The van der Waals surface area contributed by atoms with Crippen LogP contribution in [0.4, 0.5) is 17.1 Å². The Morgan fingerprint density at radius 3 is 0.765 bits per heavy atom. The Kier molecular flexibility index (Phi) is 10.5. The molecular weight excluding hydrogens is 819 g/mol. The quantitative estimate of drug-likeness (QED) is 0.132. The molecule has 320 valence electrons. The maximum Gasteiger partial charge on any atom is 0.0713 e. The molecule has 12 rings (SSSR count). The molecule has 0 fully saturated rings. The third-order valence-electron chi connectivity index (χ3n) is 13.8. The first-order chi connectivity index (χ1) is 33.7. The van der Waals surface area contributed by atoms with Crippen LogP contribution < -0.4 is 4.90 Å². The highest BCUT2D eigenvalue weighted by atomic mass is 15.1. The minimum Gasteiger partial charge on any atom is -0.311 e. The molecule has 0 aliphatic heterocycles. The van der Waals surface area contributed by atoms with Crippen LogP contribution in [-0.2, 0) is 5.41 Å². The van der Waals surface area contributed by atoms with Gasteiger partial charge in [-0.15, -0.1) is 0 Å². The van der Waals surface area contributed by atoms with Gasteiger partial charge >= 0.3 is 0 Å². The van der Waals surface area contributed by atoms with Gasteiger partial charge in [-0.2, -0.15) is 0 Å². The van der Waals surface area contributed by atoms with Gasteiger partial charge in [0.05, 0.1) is 5.41 Å². The van der Waals surface area contributed by atoms with Crippen LogP contribution >= 0.6 is 0 Å². The van der Waals surface area contributed by atoms with Crippen molar-refractivity contribution in [2.75, 3.05) is 4.90 Å².